The number of nitrogens with one attached hydrogen (secondary N) is 1. The Labute approximate surface area is 113 Å². The molecule has 1 fully saturated rings. The molecule has 1 rings (SSSR count). The number of likely N-dealkylation sites (tertiary alicyclic amines) is 1. The average molecular weight is 256 g/mol. The zero-order valence-corrected chi connectivity index (χ0v) is 12.9. The second kappa shape index (κ2) is 8.13. The number of hydrogen-bond donors (Lipinski definition) is 1. The smallest absolute Gasteiger partial charge is 0.0489 e. The first-order chi connectivity index (χ1) is 8.56. The zero-order chi connectivity index (χ0) is 13.5. The quantitative estimate of drug-likeness (QED) is 0.708. The summed E-state index contributed by atoms with van der Waals surface area (Å²) in [4.78, 5) is 2.62. The molecule has 3 unspecified atom stereocenters. The van der Waals surface area contributed by atoms with Gasteiger partial charge in [-0.2, -0.15) is 0 Å². The highest BCUT2D eigenvalue weighted by molar-refractivity contribution is 4.87. The van der Waals surface area contributed by atoms with Gasteiger partial charge in [0.2, 0.25) is 0 Å². The Bertz CT molecular complexity index is 221. The van der Waals surface area contributed by atoms with Gasteiger partial charge in [-0.1, -0.05) is 20.8 Å². The number of piperidine rings is 1. The summed E-state index contributed by atoms with van der Waals surface area (Å²) in [5, 5.41) is 3.44. The number of hydrogen-bond acceptors (Lipinski definition) is 3. The molecular weight excluding hydrogens is 224 g/mol. The molecular formula is C15H32N2O. The van der Waals surface area contributed by atoms with E-state index >= 15 is 0 Å². The lowest BCUT2D eigenvalue weighted by Gasteiger charge is -2.42. The van der Waals surface area contributed by atoms with Crippen molar-refractivity contribution in [3.8, 4) is 0 Å². The third-order valence-electron chi connectivity index (χ3n) is 4.25. The van der Waals surface area contributed by atoms with Crippen molar-refractivity contribution in [1.29, 1.82) is 0 Å². The highest BCUT2D eigenvalue weighted by Crippen LogP contribution is 2.23. The molecule has 3 atom stereocenters. The second-order valence-corrected chi connectivity index (χ2v) is 6.14. The van der Waals surface area contributed by atoms with Gasteiger partial charge in [0.05, 0.1) is 0 Å². The zero-order valence-electron chi connectivity index (χ0n) is 12.9. The standard InChI is InChI=1S/C15H32N2O/c1-12(2)11-18-10-6-8-17-9-7-15(16-5)13(3)14(17)4/h12-16H,6-11H2,1-5H3. The maximum Gasteiger partial charge on any atom is 0.0489 e. The summed E-state index contributed by atoms with van der Waals surface area (Å²) in [6.07, 6.45) is 2.43. The Balaban J connectivity index is 2.19. The summed E-state index contributed by atoms with van der Waals surface area (Å²) in [5.41, 5.74) is 0. The maximum atomic E-state index is 5.65. The first kappa shape index (κ1) is 15.9. The average Bonchev–Trinajstić information content (AvgIpc) is 2.33. The van der Waals surface area contributed by atoms with E-state index in [1.807, 2.05) is 0 Å². The third kappa shape index (κ3) is 4.87. The molecule has 1 saturated heterocycles. The number of ether oxygens (including phenoxy) is 1. The molecule has 0 aromatic carbocycles. The minimum Gasteiger partial charge on any atom is -0.381 e. The molecule has 0 aliphatic carbocycles. The van der Waals surface area contributed by atoms with E-state index in [1.54, 1.807) is 0 Å². The molecule has 108 valence electrons. The SMILES string of the molecule is CNC1CCN(CCCOCC(C)C)C(C)C1C. The predicted octanol–water partition coefficient (Wildman–Crippen LogP) is 2.37. The van der Waals surface area contributed by atoms with E-state index in [-0.39, 0.29) is 0 Å². The van der Waals surface area contributed by atoms with Crippen LogP contribution in [0.4, 0.5) is 0 Å². The van der Waals surface area contributed by atoms with Gasteiger partial charge in [-0.3, -0.25) is 0 Å². The minimum atomic E-state index is 0.648. The van der Waals surface area contributed by atoms with Crippen molar-refractivity contribution in [2.75, 3.05) is 33.4 Å². The van der Waals surface area contributed by atoms with E-state index in [0.717, 1.165) is 25.6 Å². The Morgan fingerprint density at radius 2 is 2.06 bits per heavy atom. The van der Waals surface area contributed by atoms with Crippen molar-refractivity contribution in [3.63, 3.8) is 0 Å². The Kier molecular flexibility index (Phi) is 7.20. The first-order valence-corrected chi connectivity index (χ1v) is 7.55. The van der Waals surface area contributed by atoms with Gasteiger partial charge in [0.1, 0.15) is 0 Å². The van der Waals surface area contributed by atoms with Crippen LogP contribution in [0.25, 0.3) is 0 Å². The van der Waals surface area contributed by atoms with E-state index in [1.165, 1.54) is 19.5 Å². The van der Waals surface area contributed by atoms with Crippen molar-refractivity contribution in [1.82, 2.24) is 10.2 Å². The van der Waals surface area contributed by atoms with E-state index in [2.05, 4.69) is 45.0 Å². The summed E-state index contributed by atoms with van der Waals surface area (Å²) >= 11 is 0. The molecule has 1 heterocycles. The van der Waals surface area contributed by atoms with Gasteiger partial charge in [-0.15, -0.1) is 0 Å². The lowest BCUT2D eigenvalue weighted by Crippen LogP contribution is -2.52. The van der Waals surface area contributed by atoms with Crippen molar-refractivity contribution in [2.24, 2.45) is 11.8 Å². The lowest BCUT2D eigenvalue weighted by molar-refractivity contribution is 0.0631. The summed E-state index contributed by atoms with van der Waals surface area (Å²) in [7, 11) is 2.09. The van der Waals surface area contributed by atoms with Crippen LogP contribution in [0, 0.1) is 11.8 Å². The van der Waals surface area contributed by atoms with E-state index in [0.29, 0.717) is 18.0 Å². The normalized spacial score (nSPS) is 30.0. The van der Waals surface area contributed by atoms with Crippen molar-refractivity contribution >= 4 is 0 Å². The highest BCUT2D eigenvalue weighted by atomic mass is 16.5. The predicted molar refractivity (Wildman–Crippen MR) is 77.9 cm³/mol. The van der Waals surface area contributed by atoms with Crippen molar-refractivity contribution in [2.45, 2.75) is 52.6 Å². The van der Waals surface area contributed by atoms with Crippen LogP contribution < -0.4 is 5.32 Å². The largest absolute Gasteiger partial charge is 0.381 e. The van der Waals surface area contributed by atoms with Crippen LogP contribution >= 0.6 is 0 Å². The van der Waals surface area contributed by atoms with Gasteiger partial charge in [-0.05, 0) is 45.2 Å². The lowest BCUT2D eigenvalue weighted by atomic mass is 9.87. The summed E-state index contributed by atoms with van der Waals surface area (Å²) in [5.74, 6) is 1.38. The molecule has 0 amide bonds. The van der Waals surface area contributed by atoms with E-state index in [4.69, 9.17) is 4.74 Å². The van der Waals surface area contributed by atoms with Crippen LogP contribution in [0.1, 0.15) is 40.5 Å². The molecule has 0 radical (unpaired) electrons. The fourth-order valence-corrected chi connectivity index (χ4v) is 2.85. The van der Waals surface area contributed by atoms with Crippen molar-refractivity contribution < 1.29 is 4.74 Å². The van der Waals surface area contributed by atoms with Gasteiger partial charge in [0.25, 0.3) is 0 Å². The molecule has 3 nitrogen and oxygen atoms in total. The molecule has 0 spiro atoms. The number of rotatable bonds is 7. The molecule has 1 aliphatic rings. The molecule has 0 aromatic heterocycles. The van der Waals surface area contributed by atoms with E-state index < -0.39 is 0 Å². The first-order valence-electron chi connectivity index (χ1n) is 7.55. The van der Waals surface area contributed by atoms with Crippen LogP contribution in [0.15, 0.2) is 0 Å². The van der Waals surface area contributed by atoms with Gasteiger partial charge in [-0.25, -0.2) is 0 Å². The fraction of sp³-hybridized carbons (Fsp3) is 1.00. The van der Waals surface area contributed by atoms with Crippen molar-refractivity contribution in [3.05, 3.63) is 0 Å². The second-order valence-electron chi connectivity index (χ2n) is 6.14. The highest BCUT2D eigenvalue weighted by Gasteiger charge is 2.30. The van der Waals surface area contributed by atoms with E-state index in [9.17, 15) is 0 Å². The van der Waals surface area contributed by atoms with Gasteiger partial charge in [0, 0.05) is 31.8 Å². The molecule has 0 bridgehead atoms. The van der Waals surface area contributed by atoms with Crippen LogP contribution in [0.3, 0.4) is 0 Å². The molecule has 18 heavy (non-hydrogen) atoms. The Hall–Kier alpha value is -0.120. The van der Waals surface area contributed by atoms with Crippen LogP contribution in [0.5, 0.6) is 0 Å². The number of nitrogens with zero attached hydrogens (tertiary/aromatic N) is 1. The van der Waals surface area contributed by atoms with Gasteiger partial charge < -0.3 is 15.0 Å². The van der Waals surface area contributed by atoms with Gasteiger partial charge in [0.15, 0.2) is 0 Å². The molecule has 1 aliphatic heterocycles. The molecule has 1 N–H and O–H groups in total. The minimum absolute atomic E-state index is 0.648. The summed E-state index contributed by atoms with van der Waals surface area (Å²) < 4.78 is 5.65. The molecule has 0 aromatic rings. The molecule has 3 heteroatoms. The summed E-state index contributed by atoms with van der Waals surface area (Å²) in [6.45, 7) is 13.3. The topological polar surface area (TPSA) is 24.5 Å². The van der Waals surface area contributed by atoms with Crippen LogP contribution in [-0.2, 0) is 4.74 Å². The van der Waals surface area contributed by atoms with Gasteiger partial charge >= 0.3 is 0 Å². The summed E-state index contributed by atoms with van der Waals surface area (Å²) in [6, 6.07) is 1.37. The Morgan fingerprint density at radius 3 is 2.67 bits per heavy atom. The maximum absolute atomic E-state index is 5.65. The van der Waals surface area contributed by atoms with Crippen LogP contribution in [-0.4, -0.2) is 50.3 Å². The van der Waals surface area contributed by atoms with Crippen LogP contribution in [0.2, 0.25) is 0 Å². The molecule has 0 saturated carbocycles. The fourth-order valence-electron chi connectivity index (χ4n) is 2.85. The monoisotopic (exact) mass is 256 g/mol. The Morgan fingerprint density at radius 1 is 1.33 bits per heavy atom. The third-order valence-corrected chi connectivity index (χ3v) is 4.25.